The topological polar surface area (TPSA) is 79.3 Å². The fourth-order valence-electron chi connectivity index (χ4n) is 2.49. The van der Waals surface area contributed by atoms with Gasteiger partial charge in [-0.15, -0.1) is 0 Å². The van der Waals surface area contributed by atoms with E-state index in [4.69, 9.17) is 0 Å². The van der Waals surface area contributed by atoms with Gasteiger partial charge < -0.3 is 10.4 Å². The van der Waals surface area contributed by atoms with E-state index in [2.05, 4.69) is 10.3 Å². The van der Waals surface area contributed by atoms with Gasteiger partial charge in [-0.3, -0.25) is 9.78 Å². The first kappa shape index (κ1) is 16.4. The first-order valence-electron chi connectivity index (χ1n) is 7.76. The van der Waals surface area contributed by atoms with Crippen molar-refractivity contribution in [3.05, 3.63) is 89.7 Å². The van der Waals surface area contributed by atoms with E-state index in [1.165, 1.54) is 0 Å². The summed E-state index contributed by atoms with van der Waals surface area (Å²) in [5, 5.41) is 12.1. The molecule has 0 aliphatic rings. The second-order valence-corrected chi connectivity index (χ2v) is 5.45. The third-order valence-corrected chi connectivity index (χ3v) is 3.77. The van der Waals surface area contributed by atoms with Crippen molar-refractivity contribution in [1.29, 1.82) is 0 Å². The first-order valence-corrected chi connectivity index (χ1v) is 7.76. The molecule has 0 fully saturated rings. The summed E-state index contributed by atoms with van der Waals surface area (Å²) in [5.74, 6) is -1.19. The maximum absolute atomic E-state index is 12.0. The lowest BCUT2D eigenvalue weighted by atomic mass is 9.99. The van der Waals surface area contributed by atoms with Crippen molar-refractivity contribution in [2.45, 2.75) is 6.54 Å². The van der Waals surface area contributed by atoms with Gasteiger partial charge in [0.05, 0.1) is 5.56 Å². The van der Waals surface area contributed by atoms with Crippen molar-refractivity contribution in [1.82, 2.24) is 10.3 Å². The standard InChI is InChI=1S/C20H16N2O3/c23-19(18-7-3-4-12-21-18)22-13-14-8-10-15(11-9-14)16-5-1-2-6-17(16)20(24)25/h1-12H,13H2,(H,22,23)(H,24,25). The molecule has 1 aromatic heterocycles. The first-order chi connectivity index (χ1) is 12.1. The highest BCUT2D eigenvalue weighted by atomic mass is 16.4. The van der Waals surface area contributed by atoms with Crippen LogP contribution in [-0.2, 0) is 6.54 Å². The molecule has 5 heteroatoms. The number of benzene rings is 2. The lowest BCUT2D eigenvalue weighted by molar-refractivity contribution is 0.0697. The predicted octanol–water partition coefficient (Wildman–Crippen LogP) is 3.38. The molecule has 0 unspecified atom stereocenters. The van der Waals surface area contributed by atoms with Crippen LogP contribution < -0.4 is 5.32 Å². The highest BCUT2D eigenvalue weighted by Crippen LogP contribution is 2.24. The average Bonchev–Trinajstić information content (AvgIpc) is 2.67. The molecule has 0 bridgehead atoms. The van der Waals surface area contributed by atoms with Gasteiger partial charge in [0.2, 0.25) is 0 Å². The van der Waals surface area contributed by atoms with Crippen molar-refractivity contribution in [2.75, 3.05) is 0 Å². The summed E-state index contributed by atoms with van der Waals surface area (Å²) in [6.07, 6.45) is 1.57. The smallest absolute Gasteiger partial charge is 0.336 e. The average molecular weight is 332 g/mol. The third-order valence-electron chi connectivity index (χ3n) is 3.77. The number of carbonyl (C=O) groups excluding carboxylic acids is 1. The fourth-order valence-corrected chi connectivity index (χ4v) is 2.49. The van der Waals surface area contributed by atoms with E-state index in [1.807, 2.05) is 30.3 Å². The van der Waals surface area contributed by atoms with Crippen LogP contribution >= 0.6 is 0 Å². The van der Waals surface area contributed by atoms with Gasteiger partial charge in [-0.1, -0.05) is 48.5 Å². The van der Waals surface area contributed by atoms with Crippen LogP contribution in [0.3, 0.4) is 0 Å². The van der Waals surface area contributed by atoms with E-state index < -0.39 is 5.97 Å². The number of nitrogens with zero attached hydrogens (tertiary/aromatic N) is 1. The largest absolute Gasteiger partial charge is 0.478 e. The third kappa shape index (κ3) is 3.90. The Morgan fingerprint density at radius 1 is 0.920 bits per heavy atom. The molecule has 0 spiro atoms. The maximum atomic E-state index is 12.0. The number of carbonyl (C=O) groups is 2. The van der Waals surface area contributed by atoms with Gasteiger partial charge in [0, 0.05) is 12.7 Å². The Bertz CT molecular complexity index is 890. The van der Waals surface area contributed by atoms with Gasteiger partial charge in [0.25, 0.3) is 5.91 Å². The number of hydrogen-bond donors (Lipinski definition) is 2. The molecule has 0 aliphatic carbocycles. The zero-order chi connectivity index (χ0) is 17.6. The van der Waals surface area contributed by atoms with Crippen LogP contribution in [0.2, 0.25) is 0 Å². The summed E-state index contributed by atoms with van der Waals surface area (Å²) in [6, 6.07) is 19.5. The van der Waals surface area contributed by atoms with Gasteiger partial charge in [0.1, 0.15) is 5.69 Å². The molecule has 124 valence electrons. The quantitative estimate of drug-likeness (QED) is 0.751. The van der Waals surface area contributed by atoms with Crippen molar-refractivity contribution in [3.63, 3.8) is 0 Å². The number of rotatable bonds is 5. The summed E-state index contributed by atoms with van der Waals surface area (Å²) >= 11 is 0. The van der Waals surface area contributed by atoms with Crippen LogP contribution in [0.1, 0.15) is 26.4 Å². The number of amides is 1. The van der Waals surface area contributed by atoms with Gasteiger partial charge in [-0.2, -0.15) is 0 Å². The summed E-state index contributed by atoms with van der Waals surface area (Å²) in [4.78, 5) is 27.3. The lowest BCUT2D eigenvalue weighted by Gasteiger charge is -2.08. The van der Waals surface area contributed by atoms with Gasteiger partial charge in [-0.05, 0) is 34.9 Å². The van der Waals surface area contributed by atoms with Crippen molar-refractivity contribution in [3.8, 4) is 11.1 Å². The summed E-state index contributed by atoms with van der Waals surface area (Å²) in [7, 11) is 0. The van der Waals surface area contributed by atoms with Crippen molar-refractivity contribution in [2.24, 2.45) is 0 Å². The molecule has 2 aromatic carbocycles. The van der Waals surface area contributed by atoms with Crippen LogP contribution in [0.15, 0.2) is 72.9 Å². The van der Waals surface area contributed by atoms with Crippen molar-refractivity contribution < 1.29 is 14.7 Å². The Labute approximate surface area is 145 Å². The Hall–Kier alpha value is -3.47. The van der Waals surface area contributed by atoms with Gasteiger partial charge in [0.15, 0.2) is 0 Å². The zero-order valence-electron chi connectivity index (χ0n) is 13.3. The molecular formula is C20H16N2O3. The Morgan fingerprint density at radius 3 is 2.32 bits per heavy atom. The number of pyridine rings is 1. The second-order valence-electron chi connectivity index (χ2n) is 5.45. The normalized spacial score (nSPS) is 10.2. The molecule has 0 saturated carbocycles. The minimum atomic E-state index is -0.956. The number of aromatic nitrogens is 1. The Morgan fingerprint density at radius 2 is 1.64 bits per heavy atom. The van der Waals surface area contributed by atoms with E-state index in [-0.39, 0.29) is 11.5 Å². The van der Waals surface area contributed by atoms with Crippen LogP contribution in [0.5, 0.6) is 0 Å². The predicted molar refractivity (Wildman–Crippen MR) is 94.2 cm³/mol. The number of hydrogen-bond acceptors (Lipinski definition) is 3. The molecule has 1 heterocycles. The molecule has 5 nitrogen and oxygen atoms in total. The van der Waals surface area contributed by atoms with Crippen LogP contribution in [0.4, 0.5) is 0 Å². The second kappa shape index (κ2) is 7.40. The number of carboxylic acid groups (broad SMARTS) is 1. The van der Waals surface area contributed by atoms with Crippen molar-refractivity contribution >= 4 is 11.9 Å². The van der Waals surface area contributed by atoms with Gasteiger partial charge in [-0.25, -0.2) is 4.79 Å². The van der Waals surface area contributed by atoms with E-state index in [0.29, 0.717) is 17.8 Å². The van der Waals surface area contributed by atoms with E-state index in [0.717, 1.165) is 11.1 Å². The van der Waals surface area contributed by atoms with E-state index in [9.17, 15) is 14.7 Å². The minimum Gasteiger partial charge on any atom is -0.478 e. The van der Waals surface area contributed by atoms with E-state index in [1.54, 1.807) is 42.6 Å². The number of aromatic carboxylic acids is 1. The molecule has 2 N–H and O–H groups in total. The lowest BCUT2D eigenvalue weighted by Crippen LogP contribution is -2.23. The number of nitrogens with one attached hydrogen (secondary N) is 1. The van der Waals surface area contributed by atoms with Crippen LogP contribution in [0, 0.1) is 0 Å². The zero-order valence-corrected chi connectivity index (χ0v) is 13.3. The monoisotopic (exact) mass is 332 g/mol. The van der Waals surface area contributed by atoms with Crippen LogP contribution in [-0.4, -0.2) is 22.0 Å². The summed E-state index contributed by atoms with van der Waals surface area (Å²) in [6.45, 7) is 0.371. The molecule has 0 aliphatic heterocycles. The molecular weight excluding hydrogens is 316 g/mol. The minimum absolute atomic E-state index is 0.235. The molecule has 3 rings (SSSR count). The number of carboxylic acids is 1. The van der Waals surface area contributed by atoms with Crippen LogP contribution in [0.25, 0.3) is 11.1 Å². The Balaban J connectivity index is 1.71. The molecule has 0 saturated heterocycles. The molecule has 1 amide bonds. The summed E-state index contributed by atoms with van der Waals surface area (Å²) < 4.78 is 0. The molecule has 0 radical (unpaired) electrons. The fraction of sp³-hybridized carbons (Fsp3) is 0.0500. The Kier molecular flexibility index (Phi) is 4.85. The molecule has 0 atom stereocenters. The van der Waals surface area contributed by atoms with Gasteiger partial charge >= 0.3 is 5.97 Å². The highest BCUT2D eigenvalue weighted by molar-refractivity contribution is 5.96. The maximum Gasteiger partial charge on any atom is 0.336 e. The molecule has 3 aromatic rings. The van der Waals surface area contributed by atoms with E-state index >= 15 is 0 Å². The summed E-state index contributed by atoms with van der Waals surface area (Å²) in [5.41, 5.74) is 3.03. The molecule has 25 heavy (non-hydrogen) atoms. The highest BCUT2D eigenvalue weighted by Gasteiger charge is 2.11. The SMILES string of the molecule is O=C(NCc1ccc(-c2ccccc2C(=O)O)cc1)c1ccccn1.